The van der Waals surface area contributed by atoms with Crippen LogP contribution in [0.2, 0.25) is 0 Å². The molecule has 2 aliphatic heterocycles. The number of ether oxygens (including phenoxy) is 1. The summed E-state index contributed by atoms with van der Waals surface area (Å²) in [5.74, 6) is 0. The van der Waals surface area contributed by atoms with E-state index in [-0.39, 0.29) is 15.6 Å². The van der Waals surface area contributed by atoms with Crippen molar-refractivity contribution in [3.8, 4) is 0 Å². The molecule has 2 fully saturated rings. The quantitative estimate of drug-likeness (QED) is 0.455. The lowest BCUT2D eigenvalue weighted by Crippen LogP contribution is -2.56. The fraction of sp³-hybridized carbons (Fsp3) is 0.375. The van der Waals surface area contributed by atoms with Crippen LogP contribution in [0.25, 0.3) is 16.6 Å². The number of hydrogen-bond acceptors (Lipinski definition) is 8. The van der Waals surface area contributed by atoms with Crippen molar-refractivity contribution in [3.05, 3.63) is 57.9 Å². The summed E-state index contributed by atoms with van der Waals surface area (Å²) < 4.78 is 33.7. The number of aryl methyl sites for hydroxylation is 2. The molecule has 0 amide bonds. The molecular formula is C24H26N6O4S. The van der Waals surface area contributed by atoms with Crippen LogP contribution in [0.15, 0.2) is 51.1 Å². The van der Waals surface area contributed by atoms with Crippen molar-refractivity contribution in [1.29, 1.82) is 0 Å². The Labute approximate surface area is 202 Å². The third-order valence-electron chi connectivity index (χ3n) is 7.01. The standard InChI is InChI=1S/C24H26N6O4S/c1-15-3-6-21(16(2)11-15)35(32,33)24-22-25-23(31)19-5-4-17(12-20(19)30(22)27-26-24)28-7-9-29(10-8-28)18-13-34-14-18/h3-6,11-12,18,27H,7-10,13-14H2,1-2H3. The molecule has 0 atom stereocenters. The molecule has 11 heteroatoms. The molecule has 2 aromatic heterocycles. The highest BCUT2D eigenvalue weighted by atomic mass is 32.2. The van der Waals surface area contributed by atoms with E-state index < -0.39 is 15.4 Å². The molecule has 182 valence electrons. The van der Waals surface area contributed by atoms with Crippen molar-refractivity contribution in [2.24, 2.45) is 0 Å². The van der Waals surface area contributed by atoms with Gasteiger partial charge in [-0.05, 0) is 43.7 Å². The van der Waals surface area contributed by atoms with Gasteiger partial charge < -0.3 is 9.64 Å². The second-order valence-corrected chi connectivity index (χ2v) is 11.1. The molecule has 0 saturated carbocycles. The number of nitrogens with one attached hydrogen (secondary N) is 1. The average Bonchev–Trinajstić information content (AvgIpc) is 3.23. The van der Waals surface area contributed by atoms with Gasteiger partial charge in [0, 0.05) is 31.9 Å². The molecule has 10 nitrogen and oxygen atoms in total. The highest BCUT2D eigenvalue weighted by Gasteiger charge is 2.30. The van der Waals surface area contributed by atoms with Gasteiger partial charge in [0.1, 0.15) is 0 Å². The molecule has 0 bridgehead atoms. The Morgan fingerprint density at radius 3 is 2.49 bits per heavy atom. The molecule has 2 aromatic carbocycles. The number of hydrogen-bond donors (Lipinski definition) is 1. The topological polar surface area (TPSA) is 113 Å². The number of anilines is 1. The first-order chi connectivity index (χ1) is 16.8. The SMILES string of the molecule is Cc1ccc(S(=O)(=O)c2n[nH]n3c2nc(=O)c2ccc(N4CCN(C5COC5)CC4)cc23)c(C)c1. The van der Waals surface area contributed by atoms with Crippen LogP contribution in [0.5, 0.6) is 0 Å². The van der Waals surface area contributed by atoms with E-state index >= 15 is 0 Å². The van der Waals surface area contributed by atoms with E-state index in [0.29, 0.717) is 22.5 Å². The number of aromatic nitrogens is 4. The molecular weight excluding hydrogens is 468 g/mol. The lowest BCUT2D eigenvalue weighted by atomic mass is 10.1. The lowest BCUT2D eigenvalue weighted by molar-refractivity contribution is -0.0660. The van der Waals surface area contributed by atoms with E-state index in [1.807, 2.05) is 19.1 Å². The Balaban J connectivity index is 1.41. The van der Waals surface area contributed by atoms with Crippen LogP contribution in [0.1, 0.15) is 11.1 Å². The van der Waals surface area contributed by atoms with Gasteiger partial charge in [-0.1, -0.05) is 17.7 Å². The monoisotopic (exact) mass is 494 g/mol. The molecule has 4 heterocycles. The summed E-state index contributed by atoms with van der Waals surface area (Å²) in [5, 5.41) is 7.02. The van der Waals surface area contributed by atoms with Crippen LogP contribution < -0.4 is 10.5 Å². The van der Waals surface area contributed by atoms with Crippen molar-refractivity contribution in [2.75, 3.05) is 44.3 Å². The van der Waals surface area contributed by atoms with Gasteiger partial charge >= 0.3 is 0 Å². The van der Waals surface area contributed by atoms with Crippen LogP contribution in [0, 0.1) is 13.8 Å². The number of fused-ring (bicyclic) bond motifs is 3. The van der Waals surface area contributed by atoms with Crippen LogP contribution in [-0.4, -0.2) is 78.6 Å². The summed E-state index contributed by atoms with van der Waals surface area (Å²) >= 11 is 0. The number of piperazine rings is 1. The lowest BCUT2D eigenvalue weighted by Gasteiger charge is -2.43. The zero-order valence-corrected chi connectivity index (χ0v) is 20.4. The zero-order chi connectivity index (χ0) is 24.3. The van der Waals surface area contributed by atoms with Gasteiger partial charge in [-0.25, -0.2) is 18.1 Å². The third kappa shape index (κ3) is 3.62. The van der Waals surface area contributed by atoms with Gasteiger partial charge in [-0.15, -0.1) is 5.10 Å². The minimum atomic E-state index is -3.99. The Bertz CT molecular complexity index is 1610. The van der Waals surface area contributed by atoms with E-state index in [9.17, 15) is 13.2 Å². The van der Waals surface area contributed by atoms with Crippen LogP contribution in [-0.2, 0) is 14.6 Å². The largest absolute Gasteiger partial charge is 0.378 e. The maximum Gasteiger partial charge on any atom is 0.281 e. The van der Waals surface area contributed by atoms with Crippen molar-refractivity contribution >= 4 is 32.1 Å². The molecule has 4 aromatic rings. The Morgan fingerprint density at radius 1 is 1.03 bits per heavy atom. The van der Waals surface area contributed by atoms with Crippen LogP contribution in [0.3, 0.4) is 0 Å². The predicted molar refractivity (Wildman–Crippen MR) is 131 cm³/mol. The summed E-state index contributed by atoms with van der Waals surface area (Å²) in [7, 11) is -3.99. The maximum absolute atomic E-state index is 13.5. The summed E-state index contributed by atoms with van der Waals surface area (Å²) in [5.41, 5.74) is 2.60. The maximum atomic E-state index is 13.5. The van der Waals surface area contributed by atoms with Crippen molar-refractivity contribution in [1.82, 2.24) is 24.7 Å². The first kappa shape index (κ1) is 22.2. The minimum absolute atomic E-state index is 0.00516. The predicted octanol–water partition coefficient (Wildman–Crippen LogP) is 1.54. The highest BCUT2D eigenvalue weighted by Crippen LogP contribution is 2.28. The molecule has 0 aliphatic carbocycles. The number of sulfone groups is 1. The second-order valence-electron chi connectivity index (χ2n) is 9.28. The minimum Gasteiger partial charge on any atom is -0.378 e. The Hall–Kier alpha value is -3.28. The van der Waals surface area contributed by atoms with Gasteiger partial charge in [0.25, 0.3) is 5.56 Å². The summed E-state index contributed by atoms with van der Waals surface area (Å²) in [6.45, 7) is 8.86. The first-order valence-corrected chi connectivity index (χ1v) is 13.1. The van der Waals surface area contributed by atoms with Crippen LogP contribution >= 0.6 is 0 Å². The molecule has 2 saturated heterocycles. The molecule has 0 spiro atoms. The molecule has 35 heavy (non-hydrogen) atoms. The van der Waals surface area contributed by atoms with E-state index in [2.05, 4.69) is 25.1 Å². The Kier molecular flexibility index (Phi) is 5.17. The number of rotatable bonds is 4. The average molecular weight is 495 g/mol. The summed E-state index contributed by atoms with van der Waals surface area (Å²) in [6, 6.07) is 11.2. The fourth-order valence-corrected chi connectivity index (χ4v) is 6.43. The van der Waals surface area contributed by atoms with E-state index in [1.165, 1.54) is 4.52 Å². The molecule has 1 N–H and O–H groups in total. The summed E-state index contributed by atoms with van der Waals surface area (Å²) in [4.78, 5) is 21.8. The van der Waals surface area contributed by atoms with E-state index in [0.717, 1.165) is 50.6 Å². The summed E-state index contributed by atoms with van der Waals surface area (Å²) in [6.07, 6.45) is 0. The van der Waals surface area contributed by atoms with Gasteiger partial charge in [0.15, 0.2) is 5.65 Å². The zero-order valence-electron chi connectivity index (χ0n) is 19.6. The van der Waals surface area contributed by atoms with Gasteiger partial charge in [0.2, 0.25) is 14.9 Å². The van der Waals surface area contributed by atoms with E-state index in [1.54, 1.807) is 31.2 Å². The highest BCUT2D eigenvalue weighted by molar-refractivity contribution is 7.91. The van der Waals surface area contributed by atoms with Gasteiger partial charge in [-0.3, -0.25) is 9.69 Å². The number of benzene rings is 2. The molecule has 0 unspecified atom stereocenters. The fourth-order valence-electron chi connectivity index (χ4n) is 4.96. The Morgan fingerprint density at radius 2 is 1.80 bits per heavy atom. The van der Waals surface area contributed by atoms with Crippen molar-refractivity contribution in [2.45, 2.75) is 29.8 Å². The van der Waals surface area contributed by atoms with E-state index in [4.69, 9.17) is 4.74 Å². The normalized spacial score (nSPS) is 17.8. The second kappa shape index (κ2) is 8.14. The van der Waals surface area contributed by atoms with Gasteiger partial charge in [0.05, 0.1) is 35.1 Å². The number of aromatic amines is 1. The number of H-pyrrole nitrogens is 1. The number of nitrogens with zero attached hydrogens (tertiary/aromatic N) is 5. The van der Waals surface area contributed by atoms with Crippen LogP contribution in [0.4, 0.5) is 5.69 Å². The smallest absolute Gasteiger partial charge is 0.281 e. The first-order valence-electron chi connectivity index (χ1n) is 11.6. The van der Waals surface area contributed by atoms with Gasteiger partial charge in [-0.2, -0.15) is 4.98 Å². The third-order valence-corrected chi connectivity index (χ3v) is 8.83. The molecule has 0 radical (unpaired) electrons. The molecule has 2 aliphatic rings. The van der Waals surface area contributed by atoms with Crippen molar-refractivity contribution < 1.29 is 13.2 Å². The molecule has 6 rings (SSSR count). The van der Waals surface area contributed by atoms with Crippen molar-refractivity contribution in [3.63, 3.8) is 0 Å².